The molecule has 0 radical (unpaired) electrons. The molecule has 0 aliphatic heterocycles. The smallest absolute Gasteiger partial charge is 0.410 e. The van der Waals surface area contributed by atoms with Gasteiger partial charge in [0.2, 0.25) is 11.5 Å². The van der Waals surface area contributed by atoms with Crippen LogP contribution in [0, 0.1) is 0 Å². The van der Waals surface area contributed by atoms with Crippen LogP contribution in [0.3, 0.4) is 0 Å². The van der Waals surface area contributed by atoms with Crippen LogP contribution < -0.4 is 4.74 Å². The van der Waals surface area contributed by atoms with Crippen molar-refractivity contribution in [2.45, 2.75) is 65.0 Å². The summed E-state index contributed by atoms with van der Waals surface area (Å²) in [6.07, 6.45) is 9.63. The van der Waals surface area contributed by atoms with E-state index in [1.807, 2.05) is 44.5 Å². The summed E-state index contributed by atoms with van der Waals surface area (Å²) < 4.78 is 19.4. The number of oxazole rings is 1. The molecule has 1 aliphatic carbocycles. The Hall–Kier alpha value is -3.36. The average molecular weight is 454 g/mol. The number of fused-ring (bicyclic) bond motifs is 1. The first kappa shape index (κ1) is 22.8. The van der Waals surface area contributed by atoms with Crippen molar-refractivity contribution in [3.8, 4) is 17.3 Å². The van der Waals surface area contributed by atoms with E-state index in [-0.39, 0.29) is 6.54 Å². The number of ether oxygens (including phenoxy) is 2. The molecule has 0 aromatic carbocycles. The molecule has 1 fully saturated rings. The lowest BCUT2D eigenvalue weighted by atomic mass is 10.2. The SMILES string of the molecule is C=CCCOc1nc(-c2oc(CN(CC)C(=O)OC(C)(C)C)nc2C2CC2)cn2ccnc12. The minimum absolute atomic E-state index is 0.223. The molecule has 176 valence electrons. The Kier molecular flexibility index (Phi) is 6.40. The van der Waals surface area contributed by atoms with E-state index >= 15 is 0 Å². The summed E-state index contributed by atoms with van der Waals surface area (Å²) in [6, 6.07) is 0. The van der Waals surface area contributed by atoms with E-state index in [1.165, 1.54) is 0 Å². The Morgan fingerprint density at radius 3 is 2.82 bits per heavy atom. The molecule has 9 heteroatoms. The van der Waals surface area contributed by atoms with Gasteiger partial charge in [0.05, 0.1) is 12.3 Å². The van der Waals surface area contributed by atoms with Crippen molar-refractivity contribution in [2.24, 2.45) is 0 Å². The van der Waals surface area contributed by atoms with Crippen molar-refractivity contribution in [1.82, 2.24) is 24.3 Å². The molecule has 33 heavy (non-hydrogen) atoms. The lowest BCUT2D eigenvalue weighted by Gasteiger charge is -2.25. The zero-order valence-corrected chi connectivity index (χ0v) is 19.7. The number of carbonyl (C=O) groups excluding carboxylic acids is 1. The van der Waals surface area contributed by atoms with Crippen LogP contribution in [-0.4, -0.2) is 49.1 Å². The summed E-state index contributed by atoms with van der Waals surface area (Å²) in [5.41, 5.74) is 1.55. The molecule has 4 rings (SSSR count). The van der Waals surface area contributed by atoms with Gasteiger partial charge in [0.25, 0.3) is 5.88 Å². The Morgan fingerprint density at radius 2 is 2.15 bits per heavy atom. The third kappa shape index (κ3) is 5.35. The predicted octanol–water partition coefficient (Wildman–Crippen LogP) is 4.97. The van der Waals surface area contributed by atoms with Crippen LogP contribution in [0.4, 0.5) is 4.79 Å². The number of rotatable bonds is 9. The fourth-order valence-corrected chi connectivity index (χ4v) is 3.41. The second-order valence-electron chi connectivity index (χ2n) is 9.11. The molecule has 1 saturated carbocycles. The molecule has 3 aromatic rings. The van der Waals surface area contributed by atoms with Gasteiger partial charge in [-0.1, -0.05) is 6.08 Å². The van der Waals surface area contributed by atoms with Crippen LogP contribution in [-0.2, 0) is 11.3 Å². The fraction of sp³-hybridized carbons (Fsp3) is 0.500. The van der Waals surface area contributed by atoms with E-state index in [0.717, 1.165) is 18.5 Å². The summed E-state index contributed by atoms with van der Waals surface area (Å²) >= 11 is 0. The Morgan fingerprint density at radius 1 is 1.36 bits per heavy atom. The van der Waals surface area contributed by atoms with Crippen molar-refractivity contribution in [1.29, 1.82) is 0 Å². The van der Waals surface area contributed by atoms with Gasteiger partial charge in [-0.25, -0.2) is 19.7 Å². The van der Waals surface area contributed by atoms with Crippen LogP contribution in [0.5, 0.6) is 5.88 Å². The summed E-state index contributed by atoms with van der Waals surface area (Å²) in [5, 5.41) is 0. The molecule has 0 atom stereocenters. The van der Waals surface area contributed by atoms with Crippen LogP contribution in [0.15, 0.2) is 35.7 Å². The first-order valence-electron chi connectivity index (χ1n) is 11.3. The Bertz CT molecular complexity index is 1140. The molecule has 3 heterocycles. The minimum atomic E-state index is -0.572. The third-order valence-electron chi connectivity index (χ3n) is 5.16. The van der Waals surface area contributed by atoms with E-state index in [9.17, 15) is 4.79 Å². The van der Waals surface area contributed by atoms with Gasteiger partial charge >= 0.3 is 6.09 Å². The standard InChI is InChI=1S/C24H31N5O4/c1-6-8-13-31-22-21-25-11-12-29(21)14-17(26-22)20-19(16-9-10-16)27-18(32-20)15-28(7-2)23(30)33-24(3,4)5/h6,11-12,14,16H,1,7-10,13,15H2,2-5H3. The molecule has 0 saturated heterocycles. The summed E-state index contributed by atoms with van der Waals surface area (Å²) in [6.45, 7) is 12.3. The van der Waals surface area contributed by atoms with Crippen molar-refractivity contribution < 1.29 is 18.7 Å². The second kappa shape index (κ2) is 9.25. The van der Waals surface area contributed by atoms with Crippen molar-refractivity contribution in [2.75, 3.05) is 13.2 Å². The normalized spacial score (nSPS) is 13.8. The van der Waals surface area contributed by atoms with E-state index < -0.39 is 11.7 Å². The largest absolute Gasteiger partial charge is 0.475 e. The molecule has 1 aliphatic rings. The van der Waals surface area contributed by atoms with E-state index in [0.29, 0.717) is 54.4 Å². The van der Waals surface area contributed by atoms with Crippen molar-refractivity contribution >= 4 is 11.7 Å². The molecule has 3 aromatic heterocycles. The molecular weight excluding hydrogens is 422 g/mol. The van der Waals surface area contributed by atoms with Crippen LogP contribution >= 0.6 is 0 Å². The number of nitrogens with zero attached hydrogens (tertiary/aromatic N) is 5. The van der Waals surface area contributed by atoms with E-state index in [4.69, 9.17) is 23.9 Å². The maximum Gasteiger partial charge on any atom is 0.410 e. The molecule has 1 amide bonds. The highest BCUT2D eigenvalue weighted by atomic mass is 16.6. The number of aromatic nitrogens is 4. The highest BCUT2D eigenvalue weighted by molar-refractivity contribution is 5.68. The van der Waals surface area contributed by atoms with Gasteiger partial charge in [0, 0.05) is 31.1 Å². The first-order chi connectivity index (χ1) is 15.8. The van der Waals surface area contributed by atoms with Gasteiger partial charge in [-0.15, -0.1) is 6.58 Å². The Labute approximate surface area is 193 Å². The fourth-order valence-electron chi connectivity index (χ4n) is 3.41. The summed E-state index contributed by atoms with van der Waals surface area (Å²) in [5.74, 6) is 1.83. The maximum atomic E-state index is 12.6. The highest BCUT2D eigenvalue weighted by Crippen LogP contribution is 2.44. The predicted molar refractivity (Wildman–Crippen MR) is 123 cm³/mol. The zero-order valence-electron chi connectivity index (χ0n) is 19.7. The van der Waals surface area contributed by atoms with E-state index in [1.54, 1.807) is 17.2 Å². The van der Waals surface area contributed by atoms with Gasteiger partial charge in [0.15, 0.2) is 5.76 Å². The van der Waals surface area contributed by atoms with Gasteiger partial charge in [-0.3, -0.25) is 4.90 Å². The summed E-state index contributed by atoms with van der Waals surface area (Å²) in [4.78, 5) is 28.0. The second-order valence-corrected chi connectivity index (χ2v) is 9.11. The Balaban J connectivity index is 1.65. The molecule has 0 unspecified atom stereocenters. The zero-order chi connectivity index (χ0) is 23.6. The third-order valence-corrected chi connectivity index (χ3v) is 5.16. The highest BCUT2D eigenvalue weighted by Gasteiger charge is 2.33. The van der Waals surface area contributed by atoms with Gasteiger partial charge in [-0.05, 0) is 47.0 Å². The summed E-state index contributed by atoms with van der Waals surface area (Å²) in [7, 11) is 0. The van der Waals surface area contributed by atoms with Crippen LogP contribution in [0.25, 0.3) is 17.1 Å². The molecule has 0 spiro atoms. The molecule has 0 bridgehead atoms. The monoisotopic (exact) mass is 453 g/mol. The van der Waals surface area contributed by atoms with Crippen molar-refractivity contribution in [3.63, 3.8) is 0 Å². The van der Waals surface area contributed by atoms with Gasteiger partial charge in [0.1, 0.15) is 17.8 Å². The van der Waals surface area contributed by atoms with Gasteiger partial charge in [-0.2, -0.15) is 0 Å². The lowest BCUT2D eigenvalue weighted by Crippen LogP contribution is -2.36. The number of hydrogen-bond donors (Lipinski definition) is 0. The average Bonchev–Trinajstić information content (AvgIpc) is 3.33. The maximum absolute atomic E-state index is 12.6. The molecule has 0 N–H and O–H groups in total. The van der Waals surface area contributed by atoms with E-state index in [2.05, 4.69) is 11.6 Å². The molecule has 9 nitrogen and oxygen atoms in total. The number of hydrogen-bond acceptors (Lipinski definition) is 7. The number of imidazole rings is 1. The lowest BCUT2D eigenvalue weighted by molar-refractivity contribution is 0.0229. The molecular formula is C24H31N5O4. The quantitative estimate of drug-likeness (QED) is 0.333. The topological polar surface area (TPSA) is 95.0 Å². The first-order valence-corrected chi connectivity index (χ1v) is 11.3. The van der Waals surface area contributed by atoms with Crippen molar-refractivity contribution in [3.05, 3.63) is 42.8 Å². The van der Waals surface area contributed by atoms with Crippen LogP contribution in [0.2, 0.25) is 0 Å². The number of carbonyl (C=O) groups is 1. The van der Waals surface area contributed by atoms with Gasteiger partial charge < -0.3 is 18.3 Å². The van der Waals surface area contributed by atoms with Crippen LogP contribution in [0.1, 0.15) is 64.5 Å². The number of amides is 1. The minimum Gasteiger partial charge on any atom is -0.475 e.